The molecule has 18 heavy (non-hydrogen) atoms. The number of para-hydroxylation sites is 1. The number of carbonyl (C=O) groups is 1. The summed E-state index contributed by atoms with van der Waals surface area (Å²) in [4.78, 5) is 12.0. The van der Waals surface area contributed by atoms with Crippen molar-refractivity contribution in [1.82, 2.24) is 0 Å². The van der Waals surface area contributed by atoms with Gasteiger partial charge in [0.25, 0.3) is 5.78 Å². The Labute approximate surface area is 106 Å². The highest BCUT2D eigenvalue weighted by Gasteiger charge is 2.19. The highest BCUT2D eigenvalue weighted by atomic mass is 35.5. The molecule has 3 nitrogen and oxygen atoms in total. The van der Waals surface area contributed by atoms with Gasteiger partial charge in [0.1, 0.15) is 0 Å². The van der Waals surface area contributed by atoms with Crippen molar-refractivity contribution in [2.24, 2.45) is 0 Å². The van der Waals surface area contributed by atoms with Gasteiger partial charge in [-0.15, -0.1) is 0 Å². The first-order valence-corrected chi connectivity index (χ1v) is 5.51. The Bertz CT molecular complexity index is 742. The molecule has 0 amide bonds. The molecule has 0 saturated heterocycles. The second-order valence-electron chi connectivity index (χ2n) is 3.70. The van der Waals surface area contributed by atoms with E-state index in [2.05, 4.69) is 0 Å². The van der Waals surface area contributed by atoms with Gasteiger partial charge in [-0.25, -0.2) is 4.39 Å². The summed E-state index contributed by atoms with van der Waals surface area (Å²) in [6.07, 6.45) is 0. The van der Waals surface area contributed by atoms with Gasteiger partial charge in [0.2, 0.25) is 0 Å². The van der Waals surface area contributed by atoms with Gasteiger partial charge < -0.3 is 8.83 Å². The summed E-state index contributed by atoms with van der Waals surface area (Å²) in [5, 5.41) is 0.636. The third kappa shape index (κ3) is 1.71. The van der Waals surface area contributed by atoms with Crippen molar-refractivity contribution in [3.05, 3.63) is 59.0 Å². The normalized spacial score (nSPS) is 11.0. The van der Waals surface area contributed by atoms with Gasteiger partial charge in [-0.05, 0) is 35.9 Å². The number of hydrogen-bond donors (Lipinski definition) is 0. The van der Waals surface area contributed by atoms with Gasteiger partial charge in [-0.2, -0.15) is 0 Å². The van der Waals surface area contributed by atoms with E-state index >= 15 is 0 Å². The van der Waals surface area contributed by atoms with Crippen LogP contribution in [0, 0.1) is 5.82 Å². The lowest BCUT2D eigenvalue weighted by atomic mass is 10.2. The van der Waals surface area contributed by atoms with Crippen LogP contribution in [-0.4, -0.2) is 5.78 Å². The maximum absolute atomic E-state index is 13.4. The van der Waals surface area contributed by atoms with Gasteiger partial charge in [-0.1, -0.05) is 12.1 Å². The standard InChI is InChI=1S/C13H6ClFO3/c14-11-5-4-9(17-11)12(16)10-6-7-2-1-3-8(15)13(7)18-10/h1-6H. The fourth-order valence-corrected chi connectivity index (χ4v) is 1.84. The largest absolute Gasteiger partial charge is 0.449 e. The molecule has 0 aliphatic heterocycles. The smallest absolute Gasteiger partial charge is 0.263 e. The number of ketones is 1. The van der Waals surface area contributed by atoms with E-state index in [4.69, 9.17) is 20.4 Å². The summed E-state index contributed by atoms with van der Waals surface area (Å²) in [6, 6.07) is 8.84. The fraction of sp³-hybridized carbons (Fsp3) is 0. The number of benzene rings is 1. The Balaban J connectivity index is 2.10. The number of rotatable bonds is 2. The van der Waals surface area contributed by atoms with Crippen LogP contribution in [-0.2, 0) is 0 Å². The van der Waals surface area contributed by atoms with Crippen LogP contribution in [0.4, 0.5) is 4.39 Å². The first kappa shape index (κ1) is 11.0. The molecular weight excluding hydrogens is 259 g/mol. The van der Waals surface area contributed by atoms with Crippen molar-refractivity contribution in [2.45, 2.75) is 0 Å². The zero-order chi connectivity index (χ0) is 12.7. The molecule has 0 saturated carbocycles. The minimum Gasteiger partial charge on any atom is -0.449 e. The van der Waals surface area contributed by atoms with Gasteiger partial charge in [0.05, 0.1) is 0 Å². The van der Waals surface area contributed by atoms with E-state index in [1.807, 2.05) is 0 Å². The molecule has 0 spiro atoms. The van der Waals surface area contributed by atoms with Crippen molar-refractivity contribution >= 4 is 28.4 Å². The lowest BCUT2D eigenvalue weighted by Crippen LogP contribution is -1.96. The molecule has 0 radical (unpaired) electrons. The Morgan fingerprint density at radius 1 is 1.11 bits per heavy atom. The third-order valence-corrected chi connectivity index (χ3v) is 2.72. The van der Waals surface area contributed by atoms with Crippen molar-refractivity contribution in [1.29, 1.82) is 0 Å². The van der Waals surface area contributed by atoms with Crippen LogP contribution < -0.4 is 0 Å². The SMILES string of the molecule is O=C(c1ccc(Cl)o1)c1cc2cccc(F)c2o1. The predicted molar refractivity (Wildman–Crippen MR) is 63.3 cm³/mol. The van der Waals surface area contributed by atoms with E-state index in [0.717, 1.165) is 0 Å². The molecular formula is C13H6ClFO3. The van der Waals surface area contributed by atoms with Crippen molar-refractivity contribution in [2.75, 3.05) is 0 Å². The minimum absolute atomic E-state index is 0.0149. The summed E-state index contributed by atoms with van der Waals surface area (Å²) in [5.74, 6) is -0.915. The molecule has 2 aromatic heterocycles. The summed E-state index contributed by atoms with van der Waals surface area (Å²) >= 11 is 5.59. The Hall–Kier alpha value is -2.07. The Kier molecular flexibility index (Phi) is 2.45. The van der Waals surface area contributed by atoms with Crippen LogP contribution >= 0.6 is 11.6 Å². The quantitative estimate of drug-likeness (QED) is 0.656. The van der Waals surface area contributed by atoms with Crippen LogP contribution in [0.5, 0.6) is 0 Å². The Morgan fingerprint density at radius 3 is 2.61 bits per heavy atom. The fourth-order valence-electron chi connectivity index (χ4n) is 1.70. The van der Waals surface area contributed by atoms with E-state index in [9.17, 15) is 9.18 Å². The number of furan rings is 2. The molecule has 3 aromatic rings. The van der Waals surface area contributed by atoms with Gasteiger partial charge >= 0.3 is 0 Å². The van der Waals surface area contributed by atoms with Crippen LogP contribution in [0.15, 0.2) is 45.2 Å². The molecule has 90 valence electrons. The maximum atomic E-state index is 13.4. The second-order valence-corrected chi connectivity index (χ2v) is 4.07. The monoisotopic (exact) mass is 264 g/mol. The zero-order valence-corrected chi connectivity index (χ0v) is 9.70. The van der Waals surface area contributed by atoms with Gasteiger partial charge in [0, 0.05) is 5.39 Å². The molecule has 0 bridgehead atoms. The summed E-state index contributed by atoms with van der Waals surface area (Å²) in [5.41, 5.74) is 0.0542. The zero-order valence-electron chi connectivity index (χ0n) is 8.94. The molecule has 5 heteroatoms. The molecule has 0 N–H and O–H groups in total. The summed E-state index contributed by atoms with van der Waals surface area (Å²) in [7, 11) is 0. The van der Waals surface area contributed by atoms with E-state index in [-0.39, 0.29) is 22.3 Å². The number of hydrogen-bond acceptors (Lipinski definition) is 3. The molecule has 0 aliphatic carbocycles. The number of carbonyl (C=O) groups excluding carboxylic acids is 1. The topological polar surface area (TPSA) is 43.4 Å². The molecule has 0 atom stereocenters. The summed E-state index contributed by atoms with van der Waals surface area (Å²) in [6.45, 7) is 0. The molecule has 3 rings (SSSR count). The van der Waals surface area contributed by atoms with Gasteiger partial charge in [-0.3, -0.25) is 4.79 Å². The molecule has 0 aliphatic rings. The summed E-state index contributed by atoms with van der Waals surface area (Å²) < 4.78 is 23.6. The van der Waals surface area contributed by atoms with Crippen LogP contribution in [0.1, 0.15) is 16.3 Å². The van der Waals surface area contributed by atoms with E-state index < -0.39 is 11.6 Å². The van der Waals surface area contributed by atoms with E-state index in [0.29, 0.717) is 5.39 Å². The third-order valence-electron chi connectivity index (χ3n) is 2.52. The van der Waals surface area contributed by atoms with E-state index in [1.165, 1.54) is 24.3 Å². The first-order valence-electron chi connectivity index (χ1n) is 5.13. The lowest BCUT2D eigenvalue weighted by Gasteiger charge is -1.91. The van der Waals surface area contributed by atoms with Crippen molar-refractivity contribution in [3.8, 4) is 0 Å². The van der Waals surface area contributed by atoms with Crippen LogP contribution in [0.25, 0.3) is 11.0 Å². The molecule has 0 fully saturated rings. The van der Waals surface area contributed by atoms with E-state index in [1.54, 1.807) is 12.1 Å². The lowest BCUT2D eigenvalue weighted by molar-refractivity contribution is 0.0985. The average molecular weight is 265 g/mol. The highest BCUT2D eigenvalue weighted by Crippen LogP contribution is 2.25. The molecule has 1 aromatic carbocycles. The number of fused-ring (bicyclic) bond motifs is 1. The Morgan fingerprint density at radius 2 is 1.94 bits per heavy atom. The molecule has 2 heterocycles. The van der Waals surface area contributed by atoms with Gasteiger partial charge in [0.15, 0.2) is 28.1 Å². The van der Waals surface area contributed by atoms with Crippen LogP contribution in [0.3, 0.4) is 0 Å². The predicted octanol–water partition coefficient (Wildman–Crippen LogP) is 4.05. The average Bonchev–Trinajstić information content (AvgIpc) is 2.95. The van der Waals surface area contributed by atoms with Crippen molar-refractivity contribution < 1.29 is 18.0 Å². The second kappa shape index (κ2) is 3.99. The van der Waals surface area contributed by atoms with Crippen molar-refractivity contribution in [3.63, 3.8) is 0 Å². The number of halogens is 2. The first-order chi connectivity index (χ1) is 8.65. The van der Waals surface area contributed by atoms with Crippen LogP contribution in [0.2, 0.25) is 5.22 Å². The molecule has 0 unspecified atom stereocenters. The maximum Gasteiger partial charge on any atom is 0.263 e. The minimum atomic E-state index is -0.510. The highest BCUT2D eigenvalue weighted by molar-refractivity contribution is 6.29.